The van der Waals surface area contributed by atoms with Gasteiger partial charge in [-0.05, 0) is 36.1 Å². The predicted octanol–water partition coefficient (Wildman–Crippen LogP) is 4.43. The standard InChI is InChI=1S/C24H21F3N4O2S/c1-13-20(23(33)29-12-19(28)32)31(2)22(30-13)18-8-4-6-15-11-17(34-21(15)18)10-14-5-3-7-16(9-14)24(25,26)27/h3-9,11H,10,12H2,1-2H3,(H2,28,32)(H,29,33). The van der Waals surface area contributed by atoms with Gasteiger partial charge in [-0.1, -0.05) is 30.3 Å². The number of imidazole rings is 1. The van der Waals surface area contributed by atoms with Gasteiger partial charge in [0.25, 0.3) is 5.91 Å². The van der Waals surface area contributed by atoms with Gasteiger partial charge in [-0.2, -0.15) is 13.2 Å². The van der Waals surface area contributed by atoms with Crippen molar-refractivity contribution in [3.05, 3.63) is 75.9 Å². The lowest BCUT2D eigenvalue weighted by Crippen LogP contribution is -2.34. The summed E-state index contributed by atoms with van der Waals surface area (Å²) in [4.78, 5) is 29.0. The molecule has 4 rings (SSSR count). The molecule has 0 saturated carbocycles. The van der Waals surface area contributed by atoms with Crippen molar-refractivity contribution in [1.82, 2.24) is 14.9 Å². The molecular formula is C24H21F3N4O2S. The summed E-state index contributed by atoms with van der Waals surface area (Å²) < 4.78 is 41.8. The number of carbonyl (C=O) groups is 2. The van der Waals surface area contributed by atoms with Crippen LogP contribution in [0.1, 0.15) is 32.2 Å². The van der Waals surface area contributed by atoms with Crippen LogP contribution in [0.3, 0.4) is 0 Å². The Hall–Kier alpha value is -3.66. The maximum absolute atomic E-state index is 13.1. The van der Waals surface area contributed by atoms with Crippen LogP contribution in [0.25, 0.3) is 21.5 Å². The molecule has 0 aliphatic rings. The number of nitrogens with one attached hydrogen (secondary N) is 1. The summed E-state index contributed by atoms with van der Waals surface area (Å²) in [5, 5.41) is 3.41. The van der Waals surface area contributed by atoms with E-state index in [9.17, 15) is 22.8 Å². The van der Waals surface area contributed by atoms with Crippen LogP contribution in [-0.4, -0.2) is 27.9 Å². The average molecular weight is 487 g/mol. The number of alkyl halides is 3. The summed E-state index contributed by atoms with van der Waals surface area (Å²) in [5.74, 6) is -0.536. The molecule has 2 amide bonds. The Labute approximate surface area is 197 Å². The van der Waals surface area contributed by atoms with Gasteiger partial charge in [-0.25, -0.2) is 4.98 Å². The van der Waals surface area contributed by atoms with E-state index in [0.29, 0.717) is 29.2 Å². The maximum atomic E-state index is 13.1. The Morgan fingerprint density at radius 3 is 2.59 bits per heavy atom. The first-order valence-corrected chi connectivity index (χ1v) is 11.1. The Morgan fingerprint density at radius 2 is 1.88 bits per heavy atom. The third-order valence-electron chi connectivity index (χ3n) is 5.38. The van der Waals surface area contributed by atoms with Gasteiger partial charge >= 0.3 is 6.18 Å². The van der Waals surface area contributed by atoms with Gasteiger partial charge in [0.15, 0.2) is 0 Å². The second-order valence-corrected chi connectivity index (χ2v) is 9.03. The predicted molar refractivity (Wildman–Crippen MR) is 125 cm³/mol. The molecule has 0 spiro atoms. The van der Waals surface area contributed by atoms with E-state index >= 15 is 0 Å². The minimum atomic E-state index is -4.39. The third kappa shape index (κ3) is 4.67. The minimum absolute atomic E-state index is 0.280. The fourth-order valence-corrected chi connectivity index (χ4v) is 5.08. The summed E-state index contributed by atoms with van der Waals surface area (Å²) in [6, 6.07) is 13.0. The SMILES string of the molecule is Cc1nc(-c2cccc3cc(Cc4cccc(C(F)(F)F)c4)sc23)n(C)c1C(=O)NCC(N)=O. The Bertz CT molecular complexity index is 1410. The number of hydrogen-bond acceptors (Lipinski definition) is 4. The quantitative estimate of drug-likeness (QED) is 0.422. The van der Waals surface area contributed by atoms with Crippen molar-refractivity contribution in [3.8, 4) is 11.4 Å². The van der Waals surface area contributed by atoms with Crippen molar-refractivity contribution in [2.24, 2.45) is 12.8 Å². The number of nitrogens with zero attached hydrogens (tertiary/aromatic N) is 2. The molecule has 4 aromatic rings. The van der Waals surface area contributed by atoms with Crippen LogP contribution in [0, 0.1) is 6.92 Å². The molecule has 6 nitrogen and oxygen atoms in total. The number of aryl methyl sites for hydroxylation is 1. The van der Waals surface area contributed by atoms with Gasteiger partial charge in [0.1, 0.15) is 11.5 Å². The number of carbonyl (C=O) groups excluding carboxylic acids is 2. The number of hydrogen-bond donors (Lipinski definition) is 2. The number of nitrogens with two attached hydrogens (primary N) is 1. The first kappa shape index (κ1) is 23.5. The number of thiophene rings is 1. The third-order valence-corrected chi connectivity index (χ3v) is 6.56. The van der Waals surface area contributed by atoms with E-state index in [-0.39, 0.29) is 6.54 Å². The van der Waals surface area contributed by atoms with Crippen molar-refractivity contribution in [2.45, 2.75) is 19.5 Å². The van der Waals surface area contributed by atoms with Crippen LogP contribution >= 0.6 is 11.3 Å². The van der Waals surface area contributed by atoms with E-state index in [2.05, 4.69) is 10.3 Å². The molecule has 0 radical (unpaired) electrons. The molecule has 0 aliphatic carbocycles. The zero-order valence-corrected chi connectivity index (χ0v) is 19.2. The Kier molecular flexibility index (Phi) is 6.18. The molecule has 2 heterocycles. The monoisotopic (exact) mass is 486 g/mol. The van der Waals surface area contributed by atoms with Crippen molar-refractivity contribution in [2.75, 3.05) is 6.54 Å². The minimum Gasteiger partial charge on any atom is -0.368 e. The van der Waals surface area contributed by atoms with Gasteiger partial charge < -0.3 is 15.6 Å². The molecule has 176 valence electrons. The van der Waals surface area contributed by atoms with Crippen LogP contribution < -0.4 is 11.1 Å². The highest BCUT2D eigenvalue weighted by Gasteiger charge is 2.30. The fraction of sp³-hybridized carbons (Fsp3) is 0.208. The molecule has 0 saturated heterocycles. The second kappa shape index (κ2) is 8.94. The van der Waals surface area contributed by atoms with Crippen molar-refractivity contribution in [3.63, 3.8) is 0 Å². The van der Waals surface area contributed by atoms with Gasteiger partial charge in [-0.15, -0.1) is 11.3 Å². The number of halogens is 3. The average Bonchev–Trinajstić information content (AvgIpc) is 3.31. The first-order valence-electron chi connectivity index (χ1n) is 10.3. The van der Waals surface area contributed by atoms with E-state index in [1.54, 1.807) is 24.6 Å². The number of rotatable bonds is 6. The van der Waals surface area contributed by atoms with Crippen molar-refractivity contribution >= 4 is 33.2 Å². The number of amides is 2. The molecule has 3 N–H and O–H groups in total. The normalized spacial score (nSPS) is 11.7. The van der Waals surface area contributed by atoms with Gasteiger partial charge in [0.2, 0.25) is 5.91 Å². The fourth-order valence-electron chi connectivity index (χ4n) is 3.88. The molecule has 0 unspecified atom stereocenters. The van der Waals surface area contributed by atoms with Crippen LogP contribution in [0.4, 0.5) is 13.2 Å². The molecule has 0 bridgehead atoms. The zero-order valence-electron chi connectivity index (χ0n) is 18.4. The molecule has 34 heavy (non-hydrogen) atoms. The van der Waals surface area contributed by atoms with E-state index in [4.69, 9.17) is 5.73 Å². The zero-order chi connectivity index (χ0) is 24.6. The maximum Gasteiger partial charge on any atom is 0.416 e. The number of benzene rings is 2. The molecule has 0 fully saturated rings. The topological polar surface area (TPSA) is 90.0 Å². The summed E-state index contributed by atoms with van der Waals surface area (Å²) in [5.41, 5.74) is 6.63. The van der Waals surface area contributed by atoms with Gasteiger partial charge in [0, 0.05) is 28.6 Å². The van der Waals surface area contributed by atoms with E-state index in [1.165, 1.54) is 23.5 Å². The molecule has 0 aliphatic heterocycles. The lowest BCUT2D eigenvalue weighted by molar-refractivity contribution is -0.137. The highest BCUT2D eigenvalue weighted by Crippen LogP contribution is 2.36. The second-order valence-electron chi connectivity index (χ2n) is 7.89. The summed E-state index contributed by atoms with van der Waals surface area (Å²) >= 11 is 1.48. The van der Waals surface area contributed by atoms with Crippen LogP contribution in [-0.2, 0) is 24.4 Å². The van der Waals surface area contributed by atoms with Crippen LogP contribution in [0.5, 0.6) is 0 Å². The van der Waals surface area contributed by atoms with Crippen molar-refractivity contribution < 1.29 is 22.8 Å². The van der Waals surface area contributed by atoms with Gasteiger partial charge in [0.05, 0.1) is 17.8 Å². The highest BCUT2D eigenvalue weighted by atomic mass is 32.1. The summed E-state index contributed by atoms with van der Waals surface area (Å²) in [6.07, 6.45) is -4.02. The number of primary amides is 1. The van der Waals surface area contributed by atoms with Crippen molar-refractivity contribution in [1.29, 1.82) is 0 Å². The van der Waals surface area contributed by atoms with Crippen LogP contribution in [0.2, 0.25) is 0 Å². The van der Waals surface area contributed by atoms with E-state index in [1.807, 2.05) is 24.3 Å². The lowest BCUT2D eigenvalue weighted by atomic mass is 10.1. The number of fused-ring (bicyclic) bond motifs is 1. The van der Waals surface area contributed by atoms with E-state index < -0.39 is 23.6 Å². The van der Waals surface area contributed by atoms with E-state index in [0.717, 1.165) is 26.6 Å². The molecular weight excluding hydrogens is 465 g/mol. The largest absolute Gasteiger partial charge is 0.416 e. The smallest absolute Gasteiger partial charge is 0.368 e. The summed E-state index contributed by atoms with van der Waals surface area (Å²) in [7, 11) is 1.71. The molecule has 2 aromatic heterocycles. The van der Waals surface area contributed by atoms with Gasteiger partial charge in [-0.3, -0.25) is 9.59 Å². The lowest BCUT2D eigenvalue weighted by Gasteiger charge is -2.08. The first-order chi connectivity index (χ1) is 16.0. The molecule has 2 aromatic carbocycles. The Morgan fingerprint density at radius 1 is 1.15 bits per heavy atom. The molecule has 0 atom stereocenters. The summed E-state index contributed by atoms with van der Waals surface area (Å²) in [6.45, 7) is 1.43. The Balaban J connectivity index is 1.69. The molecule has 10 heteroatoms. The highest BCUT2D eigenvalue weighted by molar-refractivity contribution is 7.19. The number of aromatic nitrogens is 2. The van der Waals surface area contributed by atoms with Crippen LogP contribution in [0.15, 0.2) is 48.5 Å².